The van der Waals surface area contributed by atoms with Crippen molar-refractivity contribution in [3.8, 4) is 0 Å². The number of hydrogen-bond donors (Lipinski definition) is 1. The quantitative estimate of drug-likeness (QED) is 0.641. The molecular weight excluding hydrogens is 246 g/mol. The van der Waals surface area contributed by atoms with Crippen LogP contribution in [0.2, 0.25) is 5.15 Å². The fourth-order valence-corrected chi connectivity index (χ4v) is 1.59. The normalized spacial score (nSPS) is 10.5. The number of esters is 1. The van der Waals surface area contributed by atoms with E-state index in [2.05, 4.69) is 15.0 Å². The van der Waals surface area contributed by atoms with E-state index < -0.39 is 11.4 Å². The van der Waals surface area contributed by atoms with Gasteiger partial charge in [0.25, 0.3) is 0 Å². The van der Waals surface area contributed by atoms with Crippen molar-refractivity contribution in [1.29, 1.82) is 0 Å². The van der Waals surface area contributed by atoms with Gasteiger partial charge in [0.05, 0.1) is 6.61 Å². The van der Waals surface area contributed by atoms with Crippen LogP contribution in [0, 0.1) is 0 Å². The zero-order valence-electron chi connectivity index (χ0n) is 8.86. The summed E-state index contributed by atoms with van der Waals surface area (Å²) in [4.78, 5) is 33.7. The average molecular weight is 254 g/mol. The highest BCUT2D eigenvalue weighted by atomic mass is 35.5. The van der Waals surface area contributed by atoms with E-state index in [1.54, 1.807) is 6.92 Å². The Bertz CT molecular complexity index is 638. The van der Waals surface area contributed by atoms with Crippen LogP contribution in [0.1, 0.15) is 17.3 Å². The molecule has 2 heterocycles. The minimum absolute atomic E-state index is 0.00222. The number of H-pyrrole nitrogens is 1. The van der Waals surface area contributed by atoms with Gasteiger partial charge in [0.1, 0.15) is 28.1 Å². The van der Waals surface area contributed by atoms with Crippen LogP contribution < -0.4 is 5.43 Å². The summed E-state index contributed by atoms with van der Waals surface area (Å²) in [5.74, 6) is -0.699. The Morgan fingerprint density at radius 1 is 1.53 bits per heavy atom. The summed E-state index contributed by atoms with van der Waals surface area (Å²) in [6, 6.07) is 0. The van der Waals surface area contributed by atoms with Gasteiger partial charge in [-0.2, -0.15) is 0 Å². The van der Waals surface area contributed by atoms with Crippen LogP contribution in [0.5, 0.6) is 0 Å². The van der Waals surface area contributed by atoms with Gasteiger partial charge < -0.3 is 9.72 Å². The van der Waals surface area contributed by atoms with E-state index in [0.717, 1.165) is 0 Å². The first kappa shape index (κ1) is 11.5. The summed E-state index contributed by atoms with van der Waals surface area (Å²) in [5, 5.41) is 0.0853. The summed E-state index contributed by atoms with van der Waals surface area (Å²) >= 11 is 5.79. The maximum atomic E-state index is 12.0. The van der Waals surface area contributed by atoms with Crippen molar-refractivity contribution in [3.05, 3.63) is 33.5 Å². The molecular formula is C10H8ClN3O3. The minimum atomic E-state index is -0.699. The van der Waals surface area contributed by atoms with Crippen LogP contribution >= 0.6 is 11.6 Å². The molecule has 0 aliphatic heterocycles. The van der Waals surface area contributed by atoms with Gasteiger partial charge in [-0.3, -0.25) is 4.79 Å². The summed E-state index contributed by atoms with van der Waals surface area (Å²) in [6.07, 6.45) is 2.48. The smallest absolute Gasteiger partial charge is 0.343 e. The van der Waals surface area contributed by atoms with E-state index in [4.69, 9.17) is 16.3 Å². The molecule has 17 heavy (non-hydrogen) atoms. The van der Waals surface area contributed by atoms with Crippen molar-refractivity contribution >= 4 is 28.6 Å². The van der Waals surface area contributed by atoms with Crippen LogP contribution in [0.3, 0.4) is 0 Å². The number of aromatic amines is 1. The number of nitrogens with zero attached hydrogens (tertiary/aromatic N) is 2. The van der Waals surface area contributed by atoms with Crippen molar-refractivity contribution in [1.82, 2.24) is 15.0 Å². The molecule has 0 aliphatic carbocycles. The molecule has 2 aromatic rings. The van der Waals surface area contributed by atoms with Gasteiger partial charge in [0, 0.05) is 6.20 Å². The van der Waals surface area contributed by atoms with Crippen LogP contribution in [-0.4, -0.2) is 27.5 Å². The van der Waals surface area contributed by atoms with Gasteiger partial charge in [0.15, 0.2) is 0 Å². The summed E-state index contributed by atoms with van der Waals surface area (Å²) < 4.78 is 4.75. The molecule has 0 fully saturated rings. The molecule has 0 radical (unpaired) electrons. The number of ether oxygens (including phenoxy) is 1. The highest BCUT2D eigenvalue weighted by Crippen LogP contribution is 2.13. The van der Waals surface area contributed by atoms with Crippen LogP contribution in [0.25, 0.3) is 11.0 Å². The second kappa shape index (κ2) is 4.50. The predicted molar refractivity (Wildman–Crippen MR) is 61.1 cm³/mol. The molecule has 6 nitrogen and oxygen atoms in total. The van der Waals surface area contributed by atoms with E-state index >= 15 is 0 Å². The average Bonchev–Trinajstić information content (AvgIpc) is 2.29. The molecule has 0 spiro atoms. The molecule has 0 saturated carbocycles. The molecule has 2 aromatic heterocycles. The zero-order chi connectivity index (χ0) is 12.4. The summed E-state index contributed by atoms with van der Waals surface area (Å²) in [6.45, 7) is 1.85. The predicted octanol–water partition coefficient (Wildman–Crippen LogP) is 1.15. The number of aromatic nitrogens is 3. The van der Waals surface area contributed by atoms with E-state index in [-0.39, 0.29) is 28.4 Å². The number of hydrogen-bond acceptors (Lipinski definition) is 5. The lowest BCUT2D eigenvalue weighted by Gasteiger charge is -2.03. The van der Waals surface area contributed by atoms with Gasteiger partial charge in [0.2, 0.25) is 5.43 Å². The SMILES string of the molecule is CCOC(=O)c1c[nH]c2ncnc(Cl)c2c1=O. The Hall–Kier alpha value is -1.95. The molecule has 2 rings (SSSR count). The van der Waals surface area contributed by atoms with Crippen molar-refractivity contribution in [3.63, 3.8) is 0 Å². The molecule has 0 bridgehead atoms. The number of fused-ring (bicyclic) bond motifs is 1. The van der Waals surface area contributed by atoms with E-state index in [9.17, 15) is 9.59 Å². The lowest BCUT2D eigenvalue weighted by Crippen LogP contribution is -2.18. The molecule has 0 amide bonds. The number of pyridine rings is 1. The zero-order valence-corrected chi connectivity index (χ0v) is 9.61. The number of halogens is 1. The van der Waals surface area contributed by atoms with E-state index in [0.29, 0.717) is 0 Å². The largest absolute Gasteiger partial charge is 0.462 e. The van der Waals surface area contributed by atoms with Crippen molar-refractivity contribution in [2.45, 2.75) is 6.92 Å². The van der Waals surface area contributed by atoms with E-state index in [1.165, 1.54) is 12.5 Å². The Morgan fingerprint density at radius 2 is 2.29 bits per heavy atom. The van der Waals surface area contributed by atoms with Crippen molar-refractivity contribution in [2.24, 2.45) is 0 Å². The van der Waals surface area contributed by atoms with Crippen LogP contribution in [-0.2, 0) is 4.74 Å². The molecule has 0 aliphatic rings. The molecule has 1 N–H and O–H groups in total. The molecule has 0 aromatic carbocycles. The summed E-state index contributed by atoms with van der Waals surface area (Å²) in [7, 11) is 0. The maximum Gasteiger partial charge on any atom is 0.343 e. The number of nitrogens with one attached hydrogen (secondary N) is 1. The Kier molecular flexibility index (Phi) is 3.06. The highest BCUT2D eigenvalue weighted by molar-refractivity contribution is 6.33. The first-order valence-corrected chi connectivity index (χ1v) is 5.22. The third kappa shape index (κ3) is 1.99. The van der Waals surface area contributed by atoms with Crippen LogP contribution in [0.15, 0.2) is 17.3 Å². The number of carbonyl (C=O) groups excluding carboxylic acids is 1. The summed E-state index contributed by atoms with van der Waals surface area (Å²) in [5.41, 5.74) is -0.373. The third-order valence-electron chi connectivity index (χ3n) is 2.12. The van der Waals surface area contributed by atoms with Gasteiger partial charge in [-0.05, 0) is 6.92 Å². The monoisotopic (exact) mass is 253 g/mol. The molecule has 0 saturated heterocycles. The molecule has 7 heteroatoms. The second-order valence-electron chi connectivity index (χ2n) is 3.14. The molecule has 0 atom stereocenters. The van der Waals surface area contributed by atoms with Gasteiger partial charge in [-0.1, -0.05) is 11.6 Å². The van der Waals surface area contributed by atoms with Crippen LogP contribution in [0.4, 0.5) is 0 Å². The Labute approximate surface area is 101 Å². The lowest BCUT2D eigenvalue weighted by molar-refractivity contribution is 0.0524. The van der Waals surface area contributed by atoms with Crippen molar-refractivity contribution < 1.29 is 9.53 Å². The van der Waals surface area contributed by atoms with Gasteiger partial charge in [-0.25, -0.2) is 14.8 Å². The van der Waals surface area contributed by atoms with Crippen molar-refractivity contribution in [2.75, 3.05) is 6.61 Å². The first-order chi connectivity index (χ1) is 8.15. The van der Waals surface area contributed by atoms with E-state index in [1.807, 2.05) is 0 Å². The fourth-order valence-electron chi connectivity index (χ4n) is 1.38. The lowest BCUT2D eigenvalue weighted by atomic mass is 10.2. The Balaban J connectivity index is 2.69. The standard InChI is InChI=1S/C10H8ClN3O3/c1-2-17-10(16)5-3-12-9-6(7(5)15)8(11)13-4-14-9/h3-4H,2H2,1H3,(H,12,13,14,15). The maximum absolute atomic E-state index is 12.0. The second-order valence-corrected chi connectivity index (χ2v) is 3.50. The topological polar surface area (TPSA) is 84.9 Å². The third-order valence-corrected chi connectivity index (χ3v) is 2.41. The Morgan fingerprint density at radius 3 is 3.00 bits per heavy atom. The minimum Gasteiger partial charge on any atom is -0.462 e. The first-order valence-electron chi connectivity index (χ1n) is 4.84. The van der Waals surface area contributed by atoms with Gasteiger partial charge >= 0.3 is 5.97 Å². The van der Waals surface area contributed by atoms with Gasteiger partial charge in [-0.15, -0.1) is 0 Å². The fraction of sp³-hybridized carbons (Fsp3) is 0.200. The highest BCUT2D eigenvalue weighted by Gasteiger charge is 2.16. The molecule has 88 valence electrons. The number of carbonyl (C=O) groups is 1. The number of rotatable bonds is 2. The molecule has 0 unspecified atom stereocenters.